The molecule has 3 aromatic heterocycles. The number of aryl methyl sites for hydroxylation is 2. The van der Waals surface area contributed by atoms with Crippen molar-refractivity contribution < 1.29 is 19.2 Å². The minimum absolute atomic E-state index is 0.220. The van der Waals surface area contributed by atoms with Crippen LogP contribution in [-0.4, -0.2) is 37.4 Å². The van der Waals surface area contributed by atoms with Crippen LogP contribution < -0.4 is 10.4 Å². The largest absolute Gasteiger partial charge is 0.488 e. The minimum atomic E-state index is -1.09. The molecule has 5 rings (SSSR count). The van der Waals surface area contributed by atoms with E-state index in [9.17, 15) is 9.59 Å². The smallest absolute Gasteiger partial charge is 0.328 e. The number of pyridine rings is 1. The first-order valence-electron chi connectivity index (χ1n) is 9.65. The second-order valence-corrected chi connectivity index (χ2v) is 7.32. The third-order valence-electron chi connectivity index (χ3n) is 5.41. The van der Waals surface area contributed by atoms with Crippen molar-refractivity contribution in [1.29, 1.82) is 0 Å². The molecule has 0 aliphatic carbocycles. The lowest BCUT2D eigenvalue weighted by Gasteiger charge is -2.26. The van der Waals surface area contributed by atoms with Crippen LogP contribution in [0.1, 0.15) is 28.8 Å². The first-order chi connectivity index (χ1) is 15.0. The number of ether oxygens (including phenoxy) is 1. The number of rotatable bonds is 4. The van der Waals surface area contributed by atoms with Gasteiger partial charge >= 0.3 is 11.7 Å². The Kier molecular flexibility index (Phi) is 4.25. The second kappa shape index (κ2) is 6.98. The van der Waals surface area contributed by atoms with E-state index in [1.54, 1.807) is 29.8 Å². The highest BCUT2D eigenvalue weighted by molar-refractivity contribution is 5.99. The summed E-state index contributed by atoms with van der Waals surface area (Å²) >= 11 is 0. The number of nitrogens with one attached hydrogen (secondary N) is 1. The zero-order valence-corrected chi connectivity index (χ0v) is 16.7. The molecule has 4 heterocycles. The van der Waals surface area contributed by atoms with E-state index in [0.29, 0.717) is 45.1 Å². The molecule has 9 nitrogen and oxygen atoms in total. The van der Waals surface area contributed by atoms with Crippen LogP contribution in [0, 0.1) is 13.8 Å². The van der Waals surface area contributed by atoms with Crippen molar-refractivity contribution in [2.45, 2.75) is 19.9 Å². The SMILES string of the molecule is Cc1noc(C)c1-c1cc(C=CC(=O)O)c2[nH]c(=O)n3c2c1OC[C@@H]3c1ccccn1. The van der Waals surface area contributed by atoms with Gasteiger partial charge in [0.05, 0.1) is 22.5 Å². The van der Waals surface area contributed by atoms with Gasteiger partial charge in [-0.2, -0.15) is 0 Å². The molecule has 0 bridgehead atoms. The maximum absolute atomic E-state index is 13.0. The van der Waals surface area contributed by atoms with Crippen molar-refractivity contribution in [2.24, 2.45) is 0 Å². The molecule has 9 heteroatoms. The van der Waals surface area contributed by atoms with E-state index in [0.717, 1.165) is 11.6 Å². The Morgan fingerprint density at radius 1 is 1.35 bits per heavy atom. The summed E-state index contributed by atoms with van der Waals surface area (Å²) < 4.78 is 13.2. The molecule has 0 spiro atoms. The van der Waals surface area contributed by atoms with Crippen LogP contribution in [0.3, 0.4) is 0 Å². The predicted molar refractivity (Wildman–Crippen MR) is 112 cm³/mol. The number of benzene rings is 1. The van der Waals surface area contributed by atoms with Crippen LogP contribution >= 0.6 is 0 Å². The number of hydrogen-bond acceptors (Lipinski definition) is 6. The van der Waals surface area contributed by atoms with Gasteiger partial charge < -0.3 is 19.4 Å². The van der Waals surface area contributed by atoms with E-state index in [1.165, 1.54) is 6.08 Å². The van der Waals surface area contributed by atoms with Crippen molar-refractivity contribution >= 4 is 23.1 Å². The van der Waals surface area contributed by atoms with Gasteiger partial charge in [0, 0.05) is 23.4 Å². The topological polar surface area (TPSA) is 123 Å². The third kappa shape index (κ3) is 2.93. The van der Waals surface area contributed by atoms with E-state index < -0.39 is 12.0 Å². The van der Waals surface area contributed by atoms with Crippen LogP contribution in [0.25, 0.3) is 28.2 Å². The van der Waals surface area contributed by atoms with Crippen LogP contribution in [0.5, 0.6) is 5.75 Å². The van der Waals surface area contributed by atoms with Crippen molar-refractivity contribution in [3.8, 4) is 16.9 Å². The summed E-state index contributed by atoms with van der Waals surface area (Å²) in [5.41, 5.74) is 4.05. The number of imidazole rings is 1. The molecule has 0 radical (unpaired) electrons. The van der Waals surface area contributed by atoms with Gasteiger partial charge in [-0.1, -0.05) is 11.2 Å². The molecule has 0 saturated heterocycles. The molecule has 1 aromatic carbocycles. The summed E-state index contributed by atoms with van der Waals surface area (Å²) in [6, 6.07) is 6.86. The maximum Gasteiger partial charge on any atom is 0.328 e. The fraction of sp³-hybridized carbons (Fsp3) is 0.182. The molecule has 31 heavy (non-hydrogen) atoms. The molecule has 0 amide bonds. The standard InChI is InChI=1S/C22H18N4O5/c1-11-18(12(2)31-25-11)14-9-13(6-7-17(27)28)19-20-21(14)30-10-16(26(20)22(29)24-19)15-5-3-4-8-23-15/h3-9,16H,10H2,1-2H3,(H,24,29)(H,27,28)/t16-/m1/s1. The van der Waals surface area contributed by atoms with Crippen LogP contribution in [-0.2, 0) is 4.79 Å². The van der Waals surface area contributed by atoms with Gasteiger partial charge in [0.15, 0.2) is 5.75 Å². The van der Waals surface area contributed by atoms with E-state index in [2.05, 4.69) is 15.1 Å². The number of carboxylic acids is 1. The Balaban J connectivity index is 1.86. The van der Waals surface area contributed by atoms with Crippen LogP contribution in [0.15, 0.2) is 45.9 Å². The zero-order chi connectivity index (χ0) is 21.7. The molecule has 1 atom stereocenters. The Labute approximate surface area is 175 Å². The van der Waals surface area contributed by atoms with Crippen LogP contribution in [0.2, 0.25) is 0 Å². The summed E-state index contributed by atoms with van der Waals surface area (Å²) in [6.07, 6.45) is 4.15. The predicted octanol–water partition coefficient (Wildman–Crippen LogP) is 3.08. The number of carboxylic acid groups (broad SMARTS) is 1. The van der Waals surface area contributed by atoms with Gasteiger partial charge in [-0.15, -0.1) is 0 Å². The van der Waals surface area contributed by atoms with Crippen molar-refractivity contribution in [1.82, 2.24) is 19.7 Å². The number of aliphatic carboxylic acids is 1. The number of aromatic amines is 1. The number of nitrogens with zero attached hydrogens (tertiary/aromatic N) is 3. The molecular formula is C22H18N4O5. The minimum Gasteiger partial charge on any atom is -0.488 e. The van der Waals surface area contributed by atoms with E-state index in [4.69, 9.17) is 14.4 Å². The molecule has 0 saturated carbocycles. The van der Waals surface area contributed by atoms with Gasteiger partial charge in [0.1, 0.15) is 23.9 Å². The number of aromatic nitrogens is 4. The summed E-state index contributed by atoms with van der Waals surface area (Å²) in [4.78, 5) is 31.4. The Morgan fingerprint density at radius 3 is 2.87 bits per heavy atom. The lowest BCUT2D eigenvalue weighted by Crippen LogP contribution is -2.31. The Hall–Kier alpha value is -4.14. The molecule has 0 unspecified atom stereocenters. The maximum atomic E-state index is 13.0. The van der Waals surface area contributed by atoms with Crippen molar-refractivity contribution in [3.63, 3.8) is 0 Å². The Morgan fingerprint density at radius 2 is 2.19 bits per heavy atom. The van der Waals surface area contributed by atoms with Crippen molar-refractivity contribution in [2.75, 3.05) is 6.61 Å². The summed E-state index contributed by atoms with van der Waals surface area (Å²) in [6.45, 7) is 3.83. The van der Waals surface area contributed by atoms with Gasteiger partial charge in [0.25, 0.3) is 0 Å². The van der Waals surface area contributed by atoms with Gasteiger partial charge in [0.2, 0.25) is 0 Å². The number of carbonyl (C=O) groups is 1. The fourth-order valence-corrected chi connectivity index (χ4v) is 4.12. The highest BCUT2D eigenvalue weighted by atomic mass is 16.5. The summed E-state index contributed by atoms with van der Waals surface area (Å²) in [5, 5.41) is 13.2. The first-order valence-corrected chi connectivity index (χ1v) is 9.65. The molecule has 156 valence electrons. The number of hydrogen-bond donors (Lipinski definition) is 2. The molecule has 1 aliphatic heterocycles. The molecule has 4 aromatic rings. The average Bonchev–Trinajstić information content (AvgIpc) is 3.28. The van der Waals surface area contributed by atoms with Crippen LogP contribution in [0.4, 0.5) is 0 Å². The van der Waals surface area contributed by atoms with E-state index >= 15 is 0 Å². The first kappa shape index (κ1) is 18.9. The monoisotopic (exact) mass is 418 g/mol. The van der Waals surface area contributed by atoms with E-state index in [-0.39, 0.29) is 12.3 Å². The van der Waals surface area contributed by atoms with Gasteiger partial charge in [-0.05, 0) is 38.1 Å². The van der Waals surface area contributed by atoms with Crippen molar-refractivity contribution in [3.05, 3.63) is 69.7 Å². The highest BCUT2D eigenvalue weighted by Gasteiger charge is 2.32. The molecule has 0 fully saturated rings. The average molecular weight is 418 g/mol. The summed E-state index contributed by atoms with van der Waals surface area (Å²) in [5.74, 6) is 0.0242. The fourth-order valence-electron chi connectivity index (χ4n) is 4.12. The molecule has 2 N–H and O–H groups in total. The molecular weight excluding hydrogens is 400 g/mol. The third-order valence-corrected chi connectivity index (χ3v) is 5.41. The normalized spacial score (nSPS) is 15.5. The zero-order valence-electron chi connectivity index (χ0n) is 16.7. The van der Waals surface area contributed by atoms with Gasteiger partial charge in [-0.25, -0.2) is 9.59 Å². The van der Waals surface area contributed by atoms with Gasteiger partial charge in [-0.3, -0.25) is 9.55 Å². The highest BCUT2D eigenvalue weighted by Crippen LogP contribution is 2.44. The van der Waals surface area contributed by atoms with E-state index in [1.807, 2.05) is 19.1 Å². The lowest BCUT2D eigenvalue weighted by molar-refractivity contribution is -0.131. The molecule has 1 aliphatic rings. The lowest BCUT2D eigenvalue weighted by atomic mass is 9.97. The summed E-state index contributed by atoms with van der Waals surface area (Å²) in [7, 11) is 0. The quantitative estimate of drug-likeness (QED) is 0.488. The second-order valence-electron chi connectivity index (χ2n) is 7.32. The number of H-pyrrole nitrogens is 1. The Bertz CT molecular complexity index is 1390.